The van der Waals surface area contributed by atoms with Gasteiger partial charge in [-0.05, 0) is 67.1 Å². The highest BCUT2D eigenvalue weighted by Gasteiger charge is 2.19. The van der Waals surface area contributed by atoms with Crippen molar-refractivity contribution < 1.29 is 4.74 Å². The van der Waals surface area contributed by atoms with E-state index < -0.39 is 0 Å². The first kappa shape index (κ1) is 20.5. The lowest BCUT2D eigenvalue weighted by Gasteiger charge is -2.27. The number of anilines is 2. The van der Waals surface area contributed by atoms with Gasteiger partial charge in [0.1, 0.15) is 18.2 Å². The van der Waals surface area contributed by atoms with Crippen LogP contribution in [0.25, 0.3) is 11.1 Å². The van der Waals surface area contributed by atoms with Crippen LogP contribution < -0.4 is 21.5 Å². The number of nitrogens with two attached hydrogens (primary N) is 2. The van der Waals surface area contributed by atoms with Gasteiger partial charge in [-0.3, -0.25) is 0 Å². The van der Waals surface area contributed by atoms with E-state index in [0.717, 1.165) is 59.6 Å². The lowest BCUT2D eigenvalue weighted by molar-refractivity contribution is 0.306. The summed E-state index contributed by atoms with van der Waals surface area (Å²) in [5.74, 6) is 1.61. The first-order valence-electron chi connectivity index (χ1n) is 10.3. The molecule has 0 spiro atoms. The lowest BCUT2D eigenvalue weighted by Crippen LogP contribution is -2.33. The van der Waals surface area contributed by atoms with Crippen LogP contribution in [0.5, 0.6) is 5.75 Å². The molecule has 5 nitrogen and oxygen atoms in total. The number of hydrogen-bond acceptors (Lipinski definition) is 5. The van der Waals surface area contributed by atoms with Gasteiger partial charge in [0, 0.05) is 29.5 Å². The smallest absolute Gasteiger partial charge is 0.126 e. The molecule has 2 aromatic carbocycles. The standard InChI is InChI=1S/C24H27ClN4O/c25-23-14-28-24(29-20-9-7-18(26)8-10-20)13-22(23)17-4-2-6-21(12-17)30-15-16-3-1-5-19(27)11-16/h1-6,11-14,18,20H,7-10,15,26-27H2,(H,28,29). The van der Waals surface area contributed by atoms with Crippen molar-refractivity contribution >= 4 is 23.1 Å². The molecular formula is C24H27ClN4O. The van der Waals surface area contributed by atoms with E-state index in [9.17, 15) is 0 Å². The predicted octanol–water partition coefficient (Wildman–Crippen LogP) is 5.25. The second-order valence-electron chi connectivity index (χ2n) is 7.87. The minimum atomic E-state index is 0.326. The number of hydrogen-bond donors (Lipinski definition) is 3. The van der Waals surface area contributed by atoms with Gasteiger partial charge in [0.05, 0.1) is 5.02 Å². The van der Waals surface area contributed by atoms with E-state index in [1.165, 1.54) is 0 Å². The molecule has 1 aliphatic rings. The van der Waals surface area contributed by atoms with Gasteiger partial charge in [0.15, 0.2) is 0 Å². The van der Waals surface area contributed by atoms with Gasteiger partial charge >= 0.3 is 0 Å². The normalized spacial score (nSPS) is 18.7. The maximum atomic E-state index is 6.47. The van der Waals surface area contributed by atoms with Crippen molar-refractivity contribution in [2.45, 2.75) is 44.4 Å². The maximum absolute atomic E-state index is 6.47. The van der Waals surface area contributed by atoms with Gasteiger partial charge in [0.25, 0.3) is 0 Å². The zero-order valence-electron chi connectivity index (χ0n) is 16.9. The zero-order chi connectivity index (χ0) is 20.9. The Morgan fingerprint density at radius 2 is 1.83 bits per heavy atom. The highest BCUT2D eigenvalue weighted by Crippen LogP contribution is 2.32. The molecule has 0 radical (unpaired) electrons. The van der Waals surface area contributed by atoms with Gasteiger partial charge in [-0.1, -0.05) is 35.9 Å². The van der Waals surface area contributed by atoms with Crippen LogP contribution in [0.1, 0.15) is 31.2 Å². The molecule has 0 amide bonds. The third kappa shape index (κ3) is 5.23. The number of benzene rings is 2. The summed E-state index contributed by atoms with van der Waals surface area (Å²) in [6.45, 7) is 0.454. The minimum Gasteiger partial charge on any atom is -0.489 e. The van der Waals surface area contributed by atoms with Crippen LogP contribution in [0.2, 0.25) is 5.02 Å². The van der Waals surface area contributed by atoms with Crippen molar-refractivity contribution in [3.8, 4) is 16.9 Å². The zero-order valence-corrected chi connectivity index (χ0v) is 17.6. The van der Waals surface area contributed by atoms with E-state index in [2.05, 4.69) is 10.3 Å². The van der Waals surface area contributed by atoms with E-state index in [-0.39, 0.29) is 0 Å². The Morgan fingerprint density at radius 3 is 2.63 bits per heavy atom. The van der Waals surface area contributed by atoms with Crippen LogP contribution in [0.3, 0.4) is 0 Å². The molecule has 1 fully saturated rings. The SMILES string of the molecule is Nc1cccc(COc2cccc(-c3cc(NC4CCC(N)CC4)ncc3Cl)c2)c1. The molecule has 3 aromatic rings. The van der Waals surface area contributed by atoms with Gasteiger partial charge < -0.3 is 21.5 Å². The number of aromatic nitrogens is 1. The van der Waals surface area contributed by atoms with Crippen molar-refractivity contribution in [1.29, 1.82) is 0 Å². The van der Waals surface area contributed by atoms with Crippen molar-refractivity contribution in [2.75, 3.05) is 11.1 Å². The molecule has 5 N–H and O–H groups in total. The van der Waals surface area contributed by atoms with E-state index in [0.29, 0.717) is 23.7 Å². The summed E-state index contributed by atoms with van der Waals surface area (Å²) in [4.78, 5) is 4.47. The number of pyridine rings is 1. The Labute approximate surface area is 182 Å². The first-order valence-corrected chi connectivity index (χ1v) is 10.7. The molecule has 0 atom stereocenters. The van der Waals surface area contributed by atoms with Crippen LogP contribution in [-0.4, -0.2) is 17.1 Å². The molecule has 6 heteroatoms. The van der Waals surface area contributed by atoms with Crippen molar-refractivity contribution in [3.05, 3.63) is 71.4 Å². The summed E-state index contributed by atoms with van der Waals surface area (Å²) in [7, 11) is 0. The second kappa shape index (κ2) is 9.37. The van der Waals surface area contributed by atoms with E-state index >= 15 is 0 Å². The number of nitrogen functional groups attached to an aromatic ring is 1. The molecule has 1 aromatic heterocycles. The second-order valence-corrected chi connectivity index (χ2v) is 8.27. The van der Waals surface area contributed by atoms with Gasteiger partial charge in [-0.25, -0.2) is 4.98 Å². The van der Waals surface area contributed by atoms with Crippen molar-refractivity contribution in [1.82, 2.24) is 4.98 Å². The molecule has 0 aliphatic heterocycles. The fourth-order valence-electron chi connectivity index (χ4n) is 3.81. The topological polar surface area (TPSA) is 86.2 Å². The number of nitrogens with zero attached hydrogens (tertiary/aromatic N) is 1. The highest BCUT2D eigenvalue weighted by molar-refractivity contribution is 6.33. The van der Waals surface area contributed by atoms with Gasteiger partial charge in [-0.2, -0.15) is 0 Å². The third-order valence-electron chi connectivity index (χ3n) is 5.48. The van der Waals surface area contributed by atoms with Crippen molar-refractivity contribution in [3.63, 3.8) is 0 Å². The molecule has 156 valence electrons. The molecule has 0 unspecified atom stereocenters. The number of nitrogens with one attached hydrogen (secondary N) is 1. The largest absolute Gasteiger partial charge is 0.489 e. The van der Waals surface area contributed by atoms with E-state index in [1.807, 2.05) is 54.6 Å². The summed E-state index contributed by atoms with van der Waals surface area (Å²) in [6.07, 6.45) is 5.92. The fourth-order valence-corrected chi connectivity index (χ4v) is 4.03. The number of rotatable bonds is 6. The molecule has 1 saturated carbocycles. The Balaban J connectivity index is 1.48. The van der Waals surface area contributed by atoms with Crippen molar-refractivity contribution in [2.24, 2.45) is 5.73 Å². The van der Waals surface area contributed by atoms with Crippen LogP contribution in [0.4, 0.5) is 11.5 Å². The average Bonchev–Trinajstić information content (AvgIpc) is 2.75. The molecule has 4 rings (SSSR count). The summed E-state index contributed by atoms with van der Waals surface area (Å²) in [6, 6.07) is 18.4. The molecule has 0 saturated heterocycles. The molecule has 1 aliphatic carbocycles. The van der Waals surface area contributed by atoms with Gasteiger partial charge in [0.2, 0.25) is 0 Å². The monoisotopic (exact) mass is 422 g/mol. The predicted molar refractivity (Wildman–Crippen MR) is 124 cm³/mol. The van der Waals surface area contributed by atoms with Crippen LogP contribution in [0, 0.1) is 0 Å². The highest BCUT2D eigenvalue weighted by atomic mass is 35.5. The third-order valence-corrected chi connectivity index (χ3v) is 5.78. The summed E-state index contributed by atoms with van der Waals surface area (Å²) in [5, 5.41) is 4.15. The number of ether oxygens (including phenoxy) is 1. The quantitative estimate of drug-likeness (QED) is 0.472. The molecule has 1 heterocycles. The molecule has 0 bridgehead atoms. The Bertz CT molecular complexity index is 1000. The van der Waals surface area contributed by atoms with Crippen LogP contribution in [-0.2, 0) is 6.61 Å². The molecular weight excluding hydrogens is 396 g/mol. The van der Waals surface area contributed by atoms with Gasteiger partial charge in [-0.15, -0.1) is 0 Å². The molecule has 30 heavy (non-hydrogen) atoms. The summed E-state index contributed by atoms with van der Waals surface area (Å²) < 4.78 is 5.97. The number of halogens is 1. The fraction of sp³-hybridized carbons (Fsp3) is 0.292. The Hall–Kier alpha value is -2.76. The Kier molecular flexibility index (Phi) is 6.41. The first-order chi connectivity index (χ1) is 14.6. The Morgan fingerprint density at radius 1 is 1.03 bits per heavy atom. The van der Waals surface area contributed by atoms with Crippen LogP contribution >= 0.6 is 11.6 Å². The minimum absolute atomic E-state index is 0.326. The average molecular weight is 423 g/mol. The van der Waals surface area contributed by atoms with E-state index in [1.54, 1.807) is 6.20 Å². The summed E-state index contributed by atoms with van der Waals surface area (Å²) >= 11 is 6.47. The van der Waals surface area contributed by atoms with Crippen LogP contribution in [0.15, 0.2) is 60.8 Å². The van der Waals surface area contributed by atoms with E-state index in [4.69, 9.17) is 27.8 Å². The summed E-state index contributed by atoms with van der Waals surface area (Å²) in [5.41, 5.74) is 15.5. The maximum Gasteiger partial charge on any atom is 0.126 e. The lowest BCUT2D eigenvalue weighted by atomic mass is 9.92.